The van der Waals surface area contributed by atoms with E-state index >= 15 is 0 Å². The molecule has 1 heteroatoms. The smallest absolute Gasteiger partial charge is 0.0161 e. The first-order chi connectivity index (χ1) is 6.92. The molecular weight excluding hydrogens is 187 g/mol. The van der Waals surface area contributed by atoms with E-state index < -0.39 is 0 Å². The van der Waals surface area contributed by atoms with Gasteiger partial charge in [-0.3, -0.25) is 0 Å². The van der Waals surface area contributed by atoms with Crippen molar-refractivity contribution in [2.24, 2.45) is 0 Å². The van der Waals surface area contributed by atoms with E-state index in [0.29, 0.717) is 0 Å². The van der Waals surface area contributed by atoms with Gasteiger partial charge >= 0.3 is 0 Å². The summed E-state index contributed by atoms with van der Waals surface area (Å²) in [5.41, 5.74) is 1.56. The van der Waals surface area contributed by atoms with E-state index in [1.807, 2.05) is 0 Å². The van der Waals surface area contributed by atoms with Crippen LogP contribution >= 0.6 is 7.92 Å². The quantitative estimate of drug-likeness (QED) is 0.369. The number of unbranched alkanes of at least 4 members (excludes halogenated alkanes) is 2. The van der Waals surface area contributed by atoms with Crippen LogP contribution in [0.1, 0.15) is 26.2 Å². The van der Waals surface area contributed by atoms with E-state index in [4.69, 9.17) is 0 Å². The van der Waals surface area contributed by atoms with Crippen molar-refractivity contribution in [3.63, 3.8) is 0 Å². The van der Waals surface area contributed by atoms with Crippen molar-refractivity contribution < 1.29 is 0 Å². The highest BCUT2D eigenvalue weighted by Crippen LogP contribution is 2.54. The maximum Gasteiger partial charge on any atom is 0.0161 e. The summed E-state index contributed by atoms with van der Waals surface area (Å²) in [6.07, 6.45) is 19.7. The SMILES string of the molecule is CCCCCP1C2C=CC=CC1C=C2. The number of allylic oxidation sites excluding steroid dienone is 6. The Morgan fingerprint density at radius 2 is 1.57 bits per heavy atom. The standard InChI is InChI=1S/C13H19P/c1-2-3-6-11-14-12-7-4-5-8-13(14)10-9-12/h4-5,7-10,12-13H,2-3,6,11H2,1H3. The fraction of sp³-hybridized carbons (Fsp3) is 0.538. The Kier molecular flexibility index (Phi) is 3.59. The Bertz CT molecular complexity index is 240. The third kappa shape index (κ3) is 2.17. The fourth-order valence-electron chi connectivity index (χ4n) is 2.20. The highest BCUT2D eigenvalue weighted by Gasteiger charge is 2.27. The molecule has 0 amide bonds. The predicted molar refractivity (Wildman–Crippen MR) is 66.3 cm³/mol. The fourth-order valence-corrected chi connectivity index (χ4v) is 5.06. The zero-order valence-corrected chi connectivity index (χ0v) is 9.79. The first-order valence-electron chi connectivity index (χ1n) is 5.71. The van der Waals surface area contributed by atoms with Crippen molar-refractivity contribution in [3.8, 4) is 0 Å². The van der Waals surface area contributed by atoms with Gasteiger partial charge in [0.15, 0.2) is 0 Å². The lowest BCUT2D eigenvalue weighted by molar-refractivity contribution is 0.774. The molecule has 0 aromatic carbocycles. The molecule has 0 radical (unpaired) electrons. The Labute approximate surface area is 88.5 Å². The lowest BCUT2D eigenvalue weighted by atomic mass is 10.2. The molecule has 2 aliphatic rings. The van der Waals surface area contributed by atoms with Crippen LogP contribution < -0.4 is 0 Å². The number of hydrogen-bond donors (Lipinski definition) is 0. The van der Waals surface area contributed by atoms with E-state index in [9.17, 15) is 0 Å². The third-order valence-corrected chi connectivity index (χ3v) is 6.07. The highest BCUT2D eigenvalue weighted by atomic mass is 31.1. The summed E-state index contributed by atoms with van der Waals surface area (Å²) >= 11 is 0. The van der Waals surface area contributed by atoms with Crippen LogP contribution in [0.3, 0.4) is 0 Å². The zero-order valence-electron chi connectivity index (χ0n) is 8.89. The molecule has 2 bridgehead atoms. The predicted octanol–water partition coefficient (Wildman–Crippen LogP) is 4.09. The molecule has 14 heavy (non-hydrogen) atoms. The first-order valence-corrected chi connectivity index (χ1v) is 7.37. The normalized spacial score (nSPS) is 33.6. The molecule has 2 aliphatic heterocycles. The molecule has 2 atom stereocenters. The molecule has 2 rings (SSSR count). The van der Waals surface area contributed by atoms with Gasteiger partial charge in [-0.2, -0.15) is 0 Å². The first kappa shape index (κ1) is 10.2. The van der Waals surface area contributed by atoms with Gasteiger partial charge in [0.1, 0.15) is 0 Å². The van der Waals surface area contributed by atoms with Gasteiger partial charge in [-0.15, -0.1) is 0 Å². The average molecular weight is 206 g/mol. The minimum Gasteiger partial charge on any atom is -0.0846 e. The summed E-state index contributed by atoms with van der Waals surface area (Å²) in [5.74, 6) is 0. The van der Waals surface area contributed by atoms with Crippen LogP contribution in [-0.4, -0.2) is 17.5 Å². The van der Waals surface area contributed by atoms with Crippen molar-refractivity contribution in [1.82, 2.24) is 0 Å². The van der Waals surface area contributed by atoms with E-state index in [-0.39, 0.29) is 7.92 Å². The maximum absolute atomic E-state index is 2.42. The molecule has 0 aromatic rings. The molecule has 0 N–H and O–H groups in total. The van der Waals surface area contributed by atoms with Crippen LogP contribution in [0.4, 0.5) is 0 Å². The summed E-state index contributed by atoms with van der Waals surface area (Å²) < 4.78 is 0. The summed E-state index contributed by atoms with van der Waals surface area (Å²) in [7, 11) is 0.194. The summed E-state index contributed by atoms with van der Waals surface area (Å²) in [5, 5.41) is 0. The van der Waals surface area contributed by atoms with Crippen LogP contribution in [-0.2, 0) is 0 Å². The summed E-state index contributed by atoms with van der Waals surface area (Å²) in [4.78, 5) is 0. The molecule has 76 valence electrons. The molecule has 0 spiro atoms. The second-order valence-corrected chi connectivity index (χ2v) is 6.75. The van der Waals surface area contributed by atoms with Crippen molar-refractivity contribution >= 4 is 7.92 Å². The van der Waals surface area contributed by atoms with Crippen molar-refractivity contribution in [2.45, 2.75) is 37.5 Å². The molecule has 0 saturated carbocycles. The minimum absolute atomic E-state index is 0.194. The van der Waals surface area contributed by atoms with Gasteiger partial charge in [0.05, 0.1) is 0 Å². The minimum atomic E-state index is 0.194. The molecule has 2 unspecified atom stereocenters. The van der Waals surface area contributed by atoms with Gasteiger partial charge in [0.2, 0.25) is 0 Å². The Morgan fingerprint density at radius 1 is 0.929 bits per heavy atom. The van der Waals surface area contributed by atoms with Gasteiger partial charge in [-0.05, 0) is 12.6 Å². The van der Waals surface area contributed by atoms with Crippen molar-refractivity contribution in [3.05, 3.63) is 36.5 Å². The monoisotopic (exact) mass is 206 g/mol. The molecular formula is C13H19P. The molecule has 0 saturated heterocycles. The molecule has 2 heterocycles. The van der Waals surface area contributed by atoms with E-state index in [1.165, 1.54) is 25.4 Å². The highest BCUT2D eigenvalue weighted by molar-refractivity contribution is 7.60. The molecule has 0 fully saturated rings. The Balaban J connectivity index is 1.93. The van der Waals surface area contributed by atoms with E-state index in [1.54, 1.807) is 0 Å². The summed E-state index contributed by atoms with van der Waals surface area (Å²) in [6.45, 7) is 2.28. The van der Waals surface area contributed by atoms with Gasteiger partial charge < -0.3 is 0 Å². The average Bonchev–Trinajstić information content (AvgIpc) is 2.41. The van der Waals surface area contributed by atoms with Gasteiger partial charge in [-0.1, -0.05) is 64.1 Å². The number of hydrogen-bond acceptors (Lipinski definition) is 0. The van der Waals surface area contributed by atoms with Gasteiger partial charge in [0, 0.05) is 11.3 Å². The van der Waals surface area contributed by atoms with Crippen molar-refractivity contribution in [1.29, 1.82) is 0 Å². The third-order valence-electron chi connectivity index (χ3n) is 3.02. The molecule has 0 aromatic heterocycles. The zero-order chi connectivity index (χ0) is 9.80. The maximum atomic E-state index is 2.42. The molecule has 0 aliphatic carbocycles. The van der Waals surface area contributed by atoms with Gasteiger partial charge in [-0.25, -0.2) is 0 Å². The van der Waals surface area contributed by atoms with Crippen LogP contribution in [0.15, 0.2) is 36.5 Å². The second kappa shape index (κ2) is 4.94. The summed E-state index contributed by atoms with van der Waals surface area (Å²) in [6, 6.07) is 0. The lowest BCUT2D eigenvalue weighted by Crippen LogP contribution is -2.03. The topological polar surface area (TPSA) is 0 Å². The second-order valence-electron chi connectivity index (χ2n) is 4.08. The van der Waals surface area contributed by atoms with Gasteiger partial charge in [0.25, 0.3) is 0 Å². The van der Waals surface area contributed by atoms with Crippen molar-refractivity contribution in [2.75, 3.05) is 6.16 Å². The molecule has 0 nitrogen and oxygen atoms in total. The largest absolute Gasteiger partial charge is 0.0846 e. The van der Waals surface area contributed by atoms with E-state index in [2.05, 4.69) is 43.4 Å². The Hall–Kier alpha value is -0.350. The number of fused-ring (bicyclic) bond motifs is 2. The van der Waals surface area contributed by atoms with Crippen LogP contribution in [0.25, 0.3) is 0 Å². The van der Waals surface area contributed by atoms with Crippen LogP contribution in [0.5, 0.6) is 0 Å². The Morgan fingerprint density at radius 3 is 2.14 bits per heavy atom. The van der Waals surface area contributed by atoms with Crippen LogP contribution in [0, 0.1) is 0 Å². The number of rotatable bonds is 4. The lowest BCUT2D eigenvalue weighted by Gasteiger charge is -2.21. The van der Waals surface area contributed by atoms with Crippen LogP contribution in [0.2, 0.25) is 0 Å². The van der Waals surface area contributed by atoms with E-state index in [0.717, 1.165) is 11.3 Å².